The first-order chi connectivity index (χ1) is 14.9. The summed E-state index contributed by atoms with van der Waals surface area (Å²) in [6.45, 7) is 3.86. The molecule has 0 bridgehead atoms. The molecule has 4 rings (SSSR count). The number of pyridine rings is 1. The second-order valence-electron chi connectivity index (χ2n) is 7.49. The number of anilines is 1. The number of aryl methyl sites for hydroxylation is 2. The summed E-state index contributed by atoms with van der Waals surface area (Å²) in [6.07, 6.45) is 3.96. The van der Waals surface area contributed by atoms with Crippen LogP contribution in [0.1, 0.15) is 35.2 Å². The highest BCUT2D eigenvalue weighted by Gasteiger charge is 2.47. The Labute approximate surface area is 180 Å². The van der Waals surface area contributed by atoms with Crippen molar-refractivity contribution in [1.29, 1.82) is 0 Å². The number of aliphatic hydroxyl groups excluding tert-OH is 1. The number of phenols is 1. The summed E-state index contributed by atoms with van der Waals surface area (Å²) in [4.78, 5) is 31.5. The van der Waals surface area contributed by atoms with E-state index in [0.717, 1.165) is 17.5 Å². The molecule has 1 aliphatic heterocycles. The van der Waals surface area contributed by atoms with Crippen molar-refractivity contribution in [2.75, 3.05) is 4.90 Å². The van der Waals surface area contributed by atoms with Crippen molar-refractivity contribution >= 4 is 23.1 Å². The van der Waals surface area contributed by atoms with Gasteiger partial charge in [0.1, 0.15) is 11.5 Å². The van der Waals surface area contributed by atoms with E-state index in [-0.39, 0.29) is 22.8 Å². The molecular formula is C25H22N2O4. The summed E-state index contributed by atoms with van der Waals surface area (Å²) >= 11 is 0. The standard InChI is InChI=1S/C25H22N2O4/c1-3-16-5-7-18(8-6-16)23(29)21-22(17-10-12-26-13-11-17)27(25(31)24(21)30)19-14-15(2)4-9-20(19)28/h4-14,22,28-29H,3H2,1-2H3/b23-21+. The Morgan fingerprint density at radius 2 is 1.71 bits per heavy atom. The van der Waals surface area contributed by atoms with Crippen LogP contribution in [0.3, 0.4) is 0 Å². The van der Waals surface area contributed by atoms with Gasteiger partial charge in [-0.15, -0.1) is 0 Å². The largest absolute Gasteiger partial charge is 0.507 e. The van der Waals surface area contributed by atoms with Crippen LogP contribution in [0.25, 0.3) is 5.76 Å². The molecule has 6 heteroatoms. The zero-order chi connectivity index (χ0) is 22.1. The monoisotopic (exact) mass is 414 g/mol. The zero-order valence-electron chi connectivity index (χ0n) is 17.2. The van der Waals surface area contributed by atoms with Crippen LogP contribution in [-0.2, 0) is 16.0 Å². The number of ketones is 1. The number of rotatable bonds is 4. The van der Waals surface area contributed by atoms with Gasteiger partial charge in [-0.25, -0.2) is 0 Å². The van der Waals surface area contributed by atoms with Gasteiger partial charge in [-0.05, 0) is 54.3 Å². The molecule has 6 nitrogen and oxygen atoms in total. The SMILES string of the molecule is CCc1ccc(/C(O)=C2\C(=O)C(=O)N(c3cc(C)ccc3O)C2c2ccncc2)cc1. The van der Waals surface area contributed by atoms with Crippen LogP contribution in [0, 0.1) is 6.92 Å². The van der Waals surface area contributed by atoms with E-state index in [1.807, 2.05) is 26.0 Å². The Kier molecular flexibility index (Phi) is 5.29. The van der Waals surface area contributed by atoms with E-state index in [0.29, 0.717) is 11.1 Å². The molecule has 31 heavy (non-hydrogen) atoms. The molecule has 1 aliphatic rings. The number of nitrogens with zero attached hydrogens (tertiary/aromatic N) is 2. The van der Waals surface area contributed by atoms with Gasteiger partial charge in [-0.1, -0.05) is 37.3 Å². The molecule has 2 aromatic carbocycles. The minimum atomic E-state index is -0.901. The van der Waals surface area contributed by atoms with E-state index in [9.17, 15) is 19.8 Å². The first-order valence-electron chi connectivity index (χ1n) is 10.0. The van der Waals surface area contributed by atoms with Crippen molar-refractivity contribution in [3.63, 3.8) is 0 Å². The Bertz CT molecular complexity index is 1180. The average Bonchev–Trinajstić information content (AvgIpc) is 3.06. The van der Waals surface area contributed by atoms with Gasteiger partial charge in [-0.2, -0.15) is 0 Å². The van der Waals surface area contributed by atoms with Gasteiger partial charge in [0.15, 0.2) is 0 Å². The van der Waals surface area contributed by atoms with Gasteiger partial charge in [0, 0.05) is 18.0 Å². The zero-order valence-corrected chi connectivity index (χ0v) is 17.2. The third-order valence-corrected chi connectivity index (χ3v) is 5.49. The van der Waals surface area contributed by atoms with Crippen LogP contribution >= 0.6 is 0 Å². The summed E-state index contributed by atoms with van der Waals surface area (Å²) < 4.78 is 0. The van der Waals surface area contributed by atoms with E-state index in [1.54, 1.807) is 48.8 Å². The number of aromatic hydroxyl groups is 1. The van der Waals surface area contributed by atoms with E-state index in [1.165, 1.54) is 11.0 Å². The van der Waals surface area contributed by atoms with E-state index in [4.69, 9.17) is 0 Å². The van der Waals surface area contributed by atoms with Crippen molar-refractivity contribution in [2.24, 2.45) is 0 Å². The lowest BCUT2D eigenvalue weighted by Gasteiger charge is -2.26. The highest BCUT2D eigenvalue weighted by molar-refractivity contribution is 6.51. The van der Waals surface area contributed by atoms with Crippen molar-refractivity contribution in [3.05, 3.63) is 94.8 Å². The number of carbonyl (C=O) groups is 2. The molecule has 1 amide bonds. The number of benzene rings is 2. The second-order valence-corrected chi connectivity index (χ2v) is 7.49. The molecule has 1 atom stereocenters. The summed E-state index contributed by atoms with van der Waals surface area (Å²) in [5.41, 5.74) is 3.14. The number of aliphatic hydroxyl groups is 1. The number of carbonyl (C=O) groups excluding carboxylic acids is 2. The molecule has 1 fully saturated rings. The lowest BCUT2D eigenvalue weighted by atomic mass is 9.95. The molecule has 3 aromatic rings. The van der Waals surface area contributed by atoms with Gasteiger partial charge in [0.25, 0.3) is 11.7 Å². The van der Waals surface area contributed by atoms with Crippen molar-refractivity contribution in [1.82, 2.24) is 4.98 Å². The maximum atomic E-state index is 13.1. The van der Waals surface area contributed by atoms with Crippen molar-refractivity contribution in [2.45, 2.75) is 26.3 Å². The van der Waals surface area contributed by atoms with Gasteiger partial charge in [-0.3, -0.25) is 19.5 Å². The summed E-state index contributed by atoms with van der Waals surface area (Å²) in [5, 5.41) is 21.6. The van der Waals surface area contributed by atoms with Crippen LogP contribution in [0.5, 0.6) is 5.75 Å². The molecule has 1 unspecified atom stereocenters. The number of aromatic nitrogens is 1. The molecule has 1 aromatic heterocycles. The molecule has 2 N–H and O–H groups in total. The number of amides is 1. The van der Waals surface area contributed by atoms with Crippen molar-refractivity contribution < 1.29 is 19.8 Å². The van der Waals surface area contributed by atoms with Gasteiger partial charge in [0.05, 0.1) is 17.3 Å². The molecule has 2 heterocycles. The van der Waals surface area contributed by atoms with E-state index >= 15 is 0 Å². The Morgan fingerprint density at radius 1 is 1.03 bits per heavy atom. The van der Waals surface area contributed by atoms with Gasteiger partial charge >= 0.3 is 0 Å². The Balaban J connectivity index is 1.94. The van der Waals surface area contributed by atoms with E-state index < -0.39 is 17.7 Å². The van der Waals surface area contributed by atoms with Crippen LogP contribution in [-0.4, -0.2) is 26.9 Å². The lowest BCUT2D eigenvalue weighted by Crippen LogP contribution is -2.29. The maximum absolute atomic E-state index is 13.1. The van der Waals surface area contributed by atoms with Gasteiger partial charge in [0.2, 0.25) is 0 Å². The molecule has 0 spiro atoms. The third kappa shape index (κ3) is 3.57. The predicted octanol–water partition coefficient (Wildman–Crippen LogP) is 4.28. The van der Waals surface area contributed by atoms with E-state index in [2.05, 4.69) is 4.98 Å². The number of hydrogen-bond donors (Lipinski definition) is 2. The van der Waals surface area contributed by atoms with Crippen LogP contribution < -0.4 is 4.90 Å². The van der Waals surface area contributed by atoms with Crippen molar-refractivity contribution in [3.8, 4) is 5.75 Å². The van der Waals surface area contributed by atoms with Crippen LogP contribution in [0.4, 0.5) is 5.69 Å². The molecule has 0 aliphatic carbocycles. The summed E-state index contributed by atoms with van der Waals surface area (Å²) in [5.74, 6) is -1.99. The summed E-state index contributed by atoms with van der Waals surface area (Å²) in [6, 6.07) is 14.5. The fourth-order valence-electron chi connectivity index (χ4n) is 3.82. The molecular weight excluding hydrogens is 392 g/mol. The smallest absolute Gasteiger partial charge is 0.300 e. The molecule has 0 saturated carbocycles. The number of phenolic OH excluding ortho intramolecular Hbond substituents is 1. The molecule has 156 valence electrons. The minimum Gasteiger partial charge on any atom is -0.507 e. The highest BCUT2D eigenvalue weighted by Crippen LogP contribution is 2.44. The lowest BCUT2D eigenvalue weighted by molar-refractivity contribution is -0.132. The van der Waals surface area contributed by atoms with Gasteiger partial charge < -0.3 is 10.2 Å². The summed E-state index contributed by atoms with van der Waals surface area (Å²) in [7, 11) is 0. The number of Topliss-reactive ketones (excluding diaryl/α,β-unsaturated/α-hetero) is 1. The van der Waals surface area contributed by atoms with Crippen LogP contribution in [0.15, 0.2) is 72.6 Å². The predicted molar refractivity (Wildman–Crippen MR) is 118 cm³/mol. The Morgan fingerprint density at radius 3 is 2.35 bits per heavy atom. The number of hydrogen-bond acceptors (Lipinski definition) is 5. The first kappa shape index (κ1) is 20.3. The minimum absolute atomic E-state index is 0.0265. The average molecular weight is 414 g/mol. The fourth-order valence-corrected chi connectivity index (χ4v) is 3.82. The fraction of sp³-hybridized carbons (Fsp3) is 0.160. The first-order valence-corrected chi connectivity index (χ1v) is 10.0. The topological polar surface area (TPSA) is 90.7 Å². The van der Waals surface area contributed by atoms with Crippen LogP contribution in [0.2, 0.25) is 0 Å². The Hall–Kier alpha value is -3.93. The molecule has 0 radical (unpaired) electrons. The quantitative estimate of drug-likeness (QED) is 0.378. The second kappa shape index (κ2) is 8.07. The normalized spacial score (nSPS) is 17.9. The highest BCUT2D eigenvalue weighted by atomic mass is 16.3. The maximum Gasteiger partial charge on any atom is 0.300 e. The molecule has 1 saturated heterocycles. The third-order valence-electron chi connectivity index (χ3n) is 5.49.